The minimum atomic E-state index is -0.893. The first kappa shape index (κ1) is 13.1. The van der Waals surface area contributed by atoms with Crippen LogP contribution in [0.3, 0.4) is 0 Å². The number of anilines is 2. The second kappa shape index (κ2) is 5.23. The molecule has 2 aliphatic heterocycles. The van der Waals surface area contributed by atoms with Gasteiger partial charge in [0, 0.05) is 39.1 Å². The van der Waals surface area contributed by atoms with E-state index in [1.54, 1.807) is 4.90 Å². The largest absolute Gasteiger partial charge is 0.465 e. The number of carbonyl (C=O) groups is 2. The van der Waals surface area contributed by atoms with Crippen LogP contribution in [0, 0.1) is 0 Å². The van der Waals surface area contributed by atoms with E-state index in [1.165, 1.54) is 4.90 Å². The maximum absolute atomic E-state index is 11.8. The van der Waals surface area contributed by atoms with Crippen LogP contribution in [0.25, 0.3) is 0 Å². The first-order valence-corrected chi connectivity index (χ1v) is 7.25. The lowest BCUT2D eigenvalue weighted by molar-refractivity contribution is -0.117. The van der Waals surface area contributed by atoms with Crippen molar-refractivity contribution < 1.29 is 14.7 Å². The average molecular weight is 297 g/mol. The van der Waals surface area contributed by atoms with E-state index in [1.807, 2.05) is 4.90 Å². The van der Waals surface area contributed by atoms with Gasteiger partial charge in [0.05, 0.1) is 11.7 Å². The number of carboxylic acid groups (broad SMARTS) is 1. The number of hydrogen-bond acceptors (Lipinski definition) is 6. The summed E-state index contributed by atoms with van der Waals surface area (Å²) in [5, 5.41) is 8.95. The topological polar surface area (TPSA) is 89.9 Å². The fraction of sp³-hybridized carbons (Fsp3) is 0.636. The van der Waals surface area contributed by atoms with Crippen molar-refractivity contribution in [2.75, 3.05) is 42.5 Å². The van der Waals surface area contributed by atoms with E-state index < -0.39 is 6.09 Å². The fourth-order valence-electron chi connectivity index (χ4n) is 2.53. The Balaban J connectivity index is 1.74. The predicted molar refractivity (Wildman–Crippen MR) is 73.3 cm³/mol. The zero-order chi connectivity index (χ0) is 14.1. The van der Waals surface area contributed by atoms with Crippen molar-refractivity contribution >= 4 is 35.4 Å². The van der Waals surface area contributed by atoms with Gasteiger partial charge in [0.1, 0.15) is 0 Å². The minimum absolute atomic E-state index is 0.0862. The standard InChI is InChI=1S/C11H15N5O3S/c17-8-2-1-3-16(8)10-9(12-20-13-10)14-4-6-15(7-5-14)11(18)19/h1-7H2,(H,18,19). The third kappa shape index (κ3) is 2.28. The van der Waals surface area contributed by atoms with Crippen LogP contribution in [0.5, 0.6) is 0 Å². The molecular weight excluding hydrogens is 282 g/mol. The van der Waals surface area contributed by atoms with E-state index in [-0.39, 0.29) is 5.91 Å². The molecule has 2 saturated heterocycles. The van der Waals surface area contributed by atoms with Gasteiger partial charge < -0.3 is 14.9 Å². The molecule has 9 heteroatoms. The molecule has 0 atom stereocenters. The van der Waals surface area contributed by atoms with Gasteiger partial charge in [0.25, 0.3) is 0 Å². The lowest BCUT2D eigenvalue weighted by atomic mass is 10.3. The highest BCUT2D eigenvalue weighted by molar-refractivity contribution is 6.99. The number of rotatable bonds is 2. The molecule has 0 aliphatic carbocycles. The molecule has 0 radical (unpaired) electrons. The van der Waals surface area contributed by atoms with Crippen molar-refractivity contribution in [3.63, 3.8) is 0 Å². The van der Waals surface area contributed by atoms with Gasteiger partial charge in [-0.05, 0) is 6.42 Å². The van der Waals surface area contributed by atoms with Crippen LogP contribution < -0.4 is 9.80 Å². The highest BCUT2D eigenvalue weighted by atomic mass is 32.1. The SMILES string of the molecule is O=C(O)N1CCN(c2nsnc2N2CCCC2=O)CC1. The highest BCUT2D eigenvalue weighted by Crippen LogP contribution is 2.30. The molecule has 1 aromatic rings. The molecule has 2 aliphatic rings. The first-order chi connectivity index (χ1) is 9.66. The maximum Gasteiger partial charge on any atom is 0.407 e. The predicted octanol–water partition coefficient (Wildman–Crippen LogP) is 0.465. The zero-order valence-electron chi connectivity index (χ0n) is 10.9. The van der Waals surface area contributed by atoms with E-state index in [0.717, 1.165) is 18.1 Å². The molecule has 0 unspecified atom stereocenters. The number of amides is 2. The Kier molecular flexibility index (Phi) is 3.43. The van der Waals surface area contributed by atoms with Gasteiger partial charge in [-0.1, -0.05) is 0 Å². The highest BCUT2D eigenvalue weighted by Gasteiger charge is 2.30. The molecule has 2 fully saturated rings. The Morgan fingerprint density at radius 3 is 2.40 bits per heavy atom. The summed E-state index contributed by atoms with van der Waals surface area (Å²) in [7, 11) is 0. The van der Waals surface area contributed by atoms with Crippen LogP contribution in [0.4, 0.5) is 16.4 Å². The summed E-state index contributed by atoms with van der Waals surface area (Å²) < 4.78 is 8.53. The van der Waals surface area contributed by atoms with E-state index in [2.05, 4.69) is 8.75 Å². The van der Waals surface area contributed by atoms with Crippen LogP contribution in [0.2, 0.25) is 0 Å². The Hall–Kier alpha value is -1.90. The van der Waals surface area contributed by atoms with Crippen molar-refractivity contribution in [2.45, 2.75) is 12.8 Å². The summed E-state index contributed by atoms with van der Waals surface area (Å²) in [5.41, 5.74) is 0. The molecule has 0 saturated carbocycles. The Bertz CT molecular complexity index is 526. The van der Waals surface area contributed by atoms with Crippen molar-refractivity contribution in [2.24, 2.45) is 0 Å². The van der Waals surface area contributed by atoms with Gasteiger partial charge in [0.2, 0.25) is 5.91 Å². The molecular formula is C11H15N5O3S. The monoisotopic (exact) mass is 297 g/mol. The molecule has 20 heavy (non-hydrogen) atoms. The van der Waals surface area contributed by atoms with Gasteiger partial charge in [-0.3, -0.25) is 9.69 Å². The second-order valence-electron chi connectivity index (χ2n) is 4.82. The molecule has 0 bridgehead atoms. The van der Waals surface area contributed by atoms with Crippen LogP contribution >= 0.6 is 11.7 Å². The third-order valence-corrected chi connectivity index (χ3v) is 4.14. The first-order valence-electron chi connectivity index (χ1n) is 6.52. The van der Waals surface area contributed by atoms with Crippen molar-refractivity contribution in [3.05, 3.63) is 0 Å². The number of aromatic nitrogens is 2. The number of piperazine rings is 1. The van der Waals surface area contributed by atoms with Gasteiger partial charge in [0.15, 0.2) is 11.6 Å². The van der Waals surface area contributed by atoms with Gasteiger partial charge in [-0.25, -0.2) is 4.79 Å². The lowest BCUT2D eigenvalue weighted by Crippen LogP contribution is -2.48. The van der Waals surface area contributed by atoms with E-state index >= 15 is 0 Å². The van der Waals surface area contributed by atoms with Gasteiger partial charge >= 0.3 is 6.09 Å². The summed E-state index contributed by atoms with van der Waals surface area (Å²) in [5.74, 6) is 1.42. The van der Waals surface area contributed by atoms with Crippen LogP contribution in [0.15, 0.2) is 0 Å². The number of carbonyl (C=O) groups excluding carboxylic acids is 1. The van der Waals surface area contributed by atoms with E-state index in [0.29, 0.717) is 50.8 Å². The lowest BCUT2D eigenvalue weighted by Gasteiger charge is -2.33. The third-order valence-electron chi connectivity index (χ3n) is 3.63. The molecule has 0 aromatic carbocycles. The molecule has 1 aromatic heterocycles. The molecule has 3 heterocycles. The molecule has 3 rings (SSSR count). The molecule has 2 amide bonds. The summed E-state index contributed by atoms with van der Waals surface area (Å²) in [6.07, 6.45) is 0.516. The maximum atomic E-state index is 11.8. The molecule has 0 spiro atoms. The van der Waals surface area contributed by atoms with Crippen molar-refractivity contribution in [3.8, 4) is 0 Å². The molecule has 8 nitrogen and oxygen atoms in total. The van der Waals surface area contributed by atoms with Crippen molar-refractivity contribution in [1.82, 2.24) is 13.6 Å². The Morgan fingerprint density at radius 2 is 1.80 bits per heavy atom. The average Bonchev–Trinajstić information content (AvgIpc) is 3.07. The summed E-state index contributed by atoms with van der Waals surface area (Å²) in [4.78, 5) is 27.8. The summed E-state index contributed by atoms with van der Waals surface area (Å²) >= 11 is 1.09. The number of hydrogen-bond donors (Lipinski definition) is 1. The van der Waals surface area contributed by atoms with Gasteiger partial charge in [-0.2, -0.15) is 8.75 Å². The number of nitrogens with zero attached hydrogens (tertiary/aromatic N) is 5. The Labute approximate surface area is 119 Å². The second-order valence-corrected chi connectivity index (χ2v) is 5.35. The Morgan fingerprint density at radius 1 is 1.10 bits per heavy atom. The molecule has 1 N–H and O–H groups in total. The fourth-order valence-corrected chi connectivity index (χ4v) is 3.10. The van der Waals surface area contributed by atoms with Crippen LogP contribution in [0.1, 0.15) is 12.8 Å². The van der Waals surface area contributed by atoms with Crippen molar-refractivity contribution in [1.29, 1.82) is 0 Å². The van der Waals surface area contributed by atoms with Gasteiger partial charge in [-0.15, -0.1) is 0 Å². The van der Waals surface area contributed by atoms with Crippen LogP contribution in [-0.4, -0.2) is 63.5 Å². The smallest absolute Gasteiger partial charge is 0.407 e. The zero-order valence-corrected chi connectivity index (χ0v) is 11.7. The summed E-state index contributed by atoms with van der Waals surface area (Å²) in [6.45, 7) is 2.73. The van der Waals surface area contributed by atoms with Crippen LogP contribution in [-0.2, 0) is 4.79 Å². The normalized spacial score (nSPS) is 19.8. The molecule has 108 valence electrons. The summed E-state index contributed by atoms with van der Waals surface area (Å²) in [6, 6.07) is 0. The van der Waals surface area contributed by atoms with E-state index in [4.69, 9.17) is 5.11 Å². The van der Waals surface area contributed by atoms with E-state index in [9.17, 15) is 9.59 Å². The quantitative estimate of drug-likeness (QED) is 0.853. The minimum Gasteiger partial charge on any atom is -0.465 e.